The number of allylic oxidation sites excluding steroid dienone is 4. The molecule has 0 fully saturated rings. The zero-order valence-corrected chi connectivity index (χ0v) is 11.2. The summed E-state index contributed by atoms with van der Waals surface area (Å²) in [6, 6.07) is 0. The maximum Gasteiger partial charge on any atom is -0.000178 e. The van der Waals surface area contributed by atoms with E-state index >= 15 is 0 Å². The number of rotatable bonds is 6. The van der Waals surface area contributed by atoms with Gasteiger partial charge >= 0.3 is 0 Å². The van der Waals surface area contributed by atoms with Crippen molar-refractivity contribution in [1.82, 2.24) is 0 Å². The molecule has 0 heterocycles. The van der Waals surface area contributed by atoms with Crippen molar-refractivity contribution in [2.75, 3.05) is 4.43 Å². The van der Waals surface area contributed by atoms with Crippen LogP contribution in [-0.2, 0) is 0 Å². The topological polar surface area (TPSA) is 0 Å². The van der Waals surface area contributed by atoms with Gasteiger partial charge in [0.25, 0.3) is 0 Å². The molecule has 0 bridgehead atoms. The molecular formula is C12H21I. The van der Waals surface area contributed by atoms with Crippen molar-refractivity contribution in [3.63, 3.8) is 0 Å². The highest BCUT2D eigenvalue weighted by atomic mass is 127. The molecule has 0 atom stereocenters. The van der Waals surface area contributed by atoms with Crippen LogP contribution >= 0.6 is 22.6 Å². The first-order chi connectivity index (χ1) is 6.16. The molecule has 0 unspecified atom stereocenters. The molecule has 0 amide bonds. The highest BCUT2D eigenvalue weighted by Crippen LogP contribution is 2.08. The van der Waals surface area contributed by atoms with Gasteiger partial charge in [-0.15, -0.1) is 0 Å². The highest BCUT2D eigenvalue weighted by molar-refractivity contribution is 14.1. The zero-order valence-electron chi connectivity index (χ0n) is 9.07. The summed E-state index contributed by atoms with van der Waals surface area (Å²) < 4.78 is 1.27. The third kappa shape index (κ3) is 10.1. The van der Waals surface area contributed by atoms with Gasteiger partial charge in [0.05, 0.1) is 0 Å². The van der Waals surface area contributed by atoms with Crippen molar-refractivity contribution in [2.45, 2.75) is 46.5 Å². The summed E-state index contributed by atoms with van der Waals surface area (Å²) in [6.45, 7) is 6.57. The molecule has 0 N–H and O–H groups in total. The summed E-state index contributed by atoms with van der Waals surface area (Å²) in [6.07, 6.45) is 9.71. The van der Waals surface area contributed by atoms with E-state index < -0.39 is 0 Å². The molecule has 0 radical (unpaired) electrons. The van der Waals surface area contributed by atoms with Crippen LogP contribution < -0.4 is 0 Å². The van der Waals surface area contributed by atoms with Gasteiger partial charge in [-0.1, -0.05) is 45.9 Å². The number of hydrogen-bond acceptors (Lipinski definition) is 0. The average Bonchev–Trinajstić information content (AvgIpc) is 2.04. The largest absolute Gasteiger partial charge is 0.0864 e. The molecule has 0 aliphatic rings. The third-order valence-electron chi connectivity index (χ3n) is 1.92. The monoisotopic (exact) mass is 292 g/mol. The van der Waals surface area contributed by atoms with Crippen molar-refractivity contribution in [3.8, 4) is 0 Å². The Morgan fingerprint density at radius 2 is 1.77 bits per heavy atom. The minimum absolute atomic E-state index is 1.20. The van der Waals surface area contributed by atoms with Gasteiger partial charge in [-0.3, -0.25) is 0 Å². The molecule has 0 aromatic rings. The average molecular weight is 292 g/mol. The van der Waals surface area contributed by atoms with Crippen LogP contribution in [0.25, 0.3) is 0 Å². The first kappa shape index (κ1) is 13.2. The Morgan fingerprint density at radius 1 is 1.08 bits per heavy atom. The van der Waals surface area contributed by atoms with Crippen LogP contribution in [0.4, 0.5) is 0 Å². The lowest BCUT2D eigenvalue weighted by Gasteiger charge is -1.98. The lowest BCUT2D eigenvalue weighted by atomic mass is 10.1. The van der Waals surface area contributed by atoms with Crippen LogP contribution in [-0.4, -0.2) is 4.43 Å². The normalized spacial score (nSPS) is 11.5. The SMILES string of the molecule is CC(C)=CCC/C(C)=C\CCCI. The Hall–Kier alpha value is 0.210. The predicted octanol–water partition coefficient (Wildman–Crippen LogP) is 4.89. The van der Waals surface area contributed by atoms with Gasteiger partial charge in [-0.2, -0.15) is 0 Å². The number of unbranched alkanes of at least 4 members (excludes halogenated alkanes) is 1. The van der Waals surface area contributed by atoms with E-state index in [0.717, 1.165) is 0 Å². The van der Waals surface area contributed by atoms with E-state index in [1.165, 1.54) is 35.7 Å². The van der Waals surface area contributed by atoms with Gasteiger partial charge in [-0.25, -0.2) is 0 Å². The van der Waals surface area contributed by atoms with Crippen LogP contribution in [0.3, 0.4) is 0 Å². The van der Waals surface area contributed by atoms with Crippen molar-refractivity contribution in [3.05, 3.63) is 23.3 Å². The molecule has 0 aromatic heterocycles. The number of halogens is 1. The van der Waals surface area contributed by atoms with Crippen molar-refractivity contribution >= 4 is 22.6 Å². The first-order valence-electron chi connectivity index (χ1n) is 5.01. The second kappa shape index (κ2) is 8.79. The second-order valence-electron chi connectivity index (χ2n) is 3.70. The van der Waals surface area contributed by atoms with E-state index in [0.29, 0.717) is 0 Å². The lowest BCUT2D eigenvalue weighted by molar-refractivity contribution is 0.920. The van der Waals surface area contributed by atoms with E-state index in [2.05, 4.69) is 55.5 Å². The molecule has 76 valence electrons. The summed E-state index contributed by atoms with van der Waals surface area (Å²) in [7, 11) is 0. The Kier molecular flexibility index (Phi) is 8.93. The van der Waals surface area contributed by atoms with Gasteiger partial charge in [0.2, 0.25) is 0 Å². The molecular weight excluding hydrogens is 271 g/mol. The number of hydrogen-bond donors (Lipinski definition) is 0. The summed E-state index contributed by atoms with van der Waals surface area (Å²) in [5.41, 5.74) is 2.97. The minimum atomic E-state index is 1.20. The molecule has 0 aliphatic heterocycles. The van der Waals surface area contributed by atoms with E-state index in [9.17, 15) is 0 Å². The minimum Gasteiger partial charge on any atom is -0.0864 e. The van der Waals surface area contributed by atoms with Gasteiger partial charge < -0.3 is 0 Å². The molecule has 0 nitrogen and oxygen atoms in total. The molecule has 0 aromatic carbocycles. The Bertz CT molecular complexity index is 174. The second-order valence-corrected chi connectivity index (χ2v) is 4.78. The van der Waals surface area contributed by atoms with Crippen molar-refractivity contribution in [1.29, 1.82) is 0 Å². The van der Waals surface area contributed by atoms with Crippen LogP contribution in [0.2, 0.25) is 0 Å². The zero-order chi connectivity index (χ0) is 10.1. The first-order valence-corrected chi connectivity index (χ1v) is 6.54. The van der Waals surface area contributed by atoms with Crippen LogP contribution in [0.1, 0.15) is 46.5 Å². The fourth-order valence-electron chi connectivity index (χ4n) is 1.12. The summed E-state index contributed by atoms with van der Waals surface area (Å²) in [5.74, 6) is 0. The van der Waals surface area contributed by atoms with Crippen LogP contribution in [0, 0.1) is 0 Å². The quantitative estimate of drug-likeness (QED) is 0.283. The van der Waals surface area contributed by atoms with E-state index in [4.69, 9.17) is 0 Å². The Balaban J connectivity index is 3.55. The van der Waals surface area contributed by atoms with E-state index in [1.807, 2.05) is 0 Å². The van der Waals surface area contributed by atoms with E-state index in [1.54, 1.807) is 5.57 Å². The molecule has 0 rings (SSSR count). The van der Waals surface area contributed by atoms with Gasteiger partial charge in [0.1, 0.15) is 0 Å². The lowest BCUT2D eigenvalue weighted by Crippen LogP contribution is -1.79. The molecule has 0 aliphatic carbocycles. The standard InChI is InChI=1S/C12H21I/c1-11(2)7-6-9-12(3)8-4-5-10-13/h7-8H,4-6,9-10H2,1-3H3/b12-8-. The highest BCUT2D eigenvalue weighted by Gasteiger charge is 1.88. The molecule has 0 saturated carbocycles. The summed E-state index contributed by atoms with van der Waals surface area (Å²) >= 11 is 2.43. The Labute approximate surface area is 96.6 Å². The fraction of sp³-hybridized carbons (Fsp3) is 0.667. The van der Waals surface area contributed by atoms with Gasteiger partial charge in [0.15, 0.2) is 0 Å². The third-order valence-corrected chi connectivity index (χ3v) is 2.68. The molecule has 1 heteroatoms. The number of alkyl halides is 1. The summed E-state index contributed by atoms with van der Waals surface area (Å²) in [5, 5.41) is 0. The van der Waals surface area contributed by atoms with Gasteiger partial charge in [-0.05, 0) is 50.9 Å². The summed E-state index contributed by atoms with van der Waals surface area (Å²) in [4.78, 5) is 0. The maximum atomic E-state index is 2.43. The molecule has 0 spiro atoms. The van der Waals surface area contributed by atoms with E-state index in [-0.39, 0.29) is 0 Å². The van der Waals surface area contributed by atoms with Crippen LogP contribution in [0.5, 0.6) is 0 Å². The van der Waals surface area contributed by atoms with Crippen molar-refractivity contribution < 1.29 is 0 Å². The molecule has 0 saturated heterocycles. The fourth-order valence-corrected chi connectivity index (χ4v) is 1.56. The maximum absolute atomic E-state index is 2.43. The van der Waals surface area contributed by atoms with Gasteiger partial charge in [0, 0.05) is 0 Å². The predicted molar refractivity (Wildman–Crippen MR) is 70.5 cm³/mol. The van der Waals surface area contributed by atoms with Crippen LogP contribution in [0.15, 0.2) is 23.3 Å². The molecule has 13 heavy (non-hydrogen) atoms. The smallest absolute Gasteiger partial charge is 0.000178 e. The van der Waals surface area contributed by atoms with Crippen molar-refractivity contribution in [2.24, 2.45) is 0 Å². The Morgan fingerprint density at radius 3 is 2.31 bits per heavy atom.